The molecule has 1 atom stereocenters. The molecule has 0 radical (unpaired) electrons. The summed E-state index contributed by atoms with van der Waals surface area (Å²) in [5.74, 6) is -0.406. The largest absolute Gasteiger partial charge is 0.351 e. The molecule has 2 amide bonds. The van der Waals surface area contributed by atoms with Gasteiger partial charge in [-0.2, -0.15) is 0 Å². The van der Waals surface area contributed by atoms with Crippen LogP contribution in [0.25, 0.3) is 15.3 Å². The van der Waals surface area contributed by atoms with Crippen molar-refractivity contribution in [1.82, 2.24) is 25.1 Å². The number of carbonyl (C=O) groups excluding carboxylic acids is 2. The summed E-state index contributed by atoms with van der Waals surface area (Å²) in [6, 6.07) is 19.3. The maximum absolute atomic E-state index is 12.8. The van der Waals surface area contributed by atoms with E-state index in [4.69, 9.17) is 0 Å². The van der Waals surface area contributed by atoms with E-state index in [9.17, 15) is 9.59 Å². The Bertz CT molecular complexity index is 1290. The average Bonchev–Trinajstić information content (AvgIpc) is 3.55. The molecule has 1 aliphatic heterocycles. The van der Waals surface area contributed by atoms with Crippen LogP contribution in [0.1, 0.15) is 35.7 Å². The Kier molecular flexibility index (Phi) is 6.92. The Hall–Kier alpha value is -3.49. The van der Waals surface area contributed by atoms with Gasteiger partial charge in [-0.1, -0.05) is 41.7 Å². The van der Waals surface area contributed by atoms with Crippen LogP contribution in [-0.4, -0.2) is 51.4 Å². The Morgan fingerprint density at radius 1 is 1.06 bits per heavy atom. The SMILES string of the molecule is CC(NC(=O)c1ccc2nc(-n3cccc3)sc2c1)C(=O)NC1CCN(Cc2ccccc2)CC1. The zero-order chi connectivity index (χ0) is 24.2. The smallest absolute Gasteiger partial charge is 0.251 e. The standard InChI is InChI=1S/C27H29N5O2S/c1-19(25(33)29-22-11-15-31(16-12-22)18-20-7-3-2-4-8-20)28-26(34)21-9-10-23-24(17-21)35-27(30-23)32-13-5-6-14-32/h2-10,13-14,17,19,22H,11-12,15-16,18H2,1H3,(H,28,34)(H,29,33). The predicted molar refractivity (Wildman–Crippen MR) is 139 cm³/mol. The number of hydrogen-bond donors (Lipinski definition) is 2. The summed E-state index contributed by atoms with van der Waals surface area (Å²) in [5.41, 5.74) is 2.68. The molecule has 180 valence electrons. The molecule has 1 aliphatic rings. The summed E-state index contributed by atoms with van der Waals surface area (Å²) in [6.07, 6.45) is 5.70. The number of rotatable bonds is 7. The molecule has 0 aliphatic carbocycles. The topological polar surface area (TPSA) is 79.3 Å². The Morgan fingerprint density at radius 3 is 2.54 bits per heavy atom. The fourth-order valence-corrected chi connectivity index (χ4v) is 5.35. The number of aromatic nitrogens is 2. The number of benzene rings is 2. The molecule has 0 saturated carbocycles. The Morgan fingerprint density at radius 2 is 1.80 bits per heavy atom. The highest BCUT2D eigenvalue weighted by atomic mass is 32.1. The minimum atomic E-state index is -0.613. The highest BCUT2D eigenvalue weighted by Crippen LogP contribution is 2.26. The van der Waals surface area contributed by atoms with E-state index in [1.807, 2.05) is 47.3 Å². The first kappa shape index (κ1) is 23.3. The van der Waals surface area contributed by atoms with Crippen LogP contribution in [0.4, 0.5) is 0 Å². The number of likely N-dealkylation sites (tertiary alicyclic amines) is 1. The maximum Gasteiger partial charge on any atom is 0.251 e. The van der Waals surface area contributed by atoms with Crippen molar-refractivity contribution in [2.24, 2.45) is 0 Å². The molecule has 0 spiro atoms. The quantitative estimate of drug-likeness (QED) is 0.413. The van der Waals surface area contributed by atoms with Gasteiger partial charge in [-0.15, -0.1) is 0 Å². The number of hydrogen-bond acceptors (Lipinski definition) is 5. The molecule has 1 fully saturated rings. The van der Waals surface area contributed by atoms with Crippen LogP contribution in [0.15, 0.2) is 73.1 Å². The summed E-state index contributed by atoms with van der Waals surface area (Å²) in [4.78, 5) is 32.6. The van der Waals surface area contributed by atoms with Crippen LogP contribution in [0.2, 0.25) is 0 Å². The lowest BCUT2D eigenvalue weighted by atomic mass is 10.0. The van der Waals surface area contributed by atoms with Crippen LogP contribution in [0.5, 0.6) is 0 Å². The lowest BCUT2D eigenvalue weighted by Crippen LogP contribution is -2.51. The van der Waals surface area contributed by atoms with Gasteiger partial charge in [0.1, 0.15) is 6.04 Å². The fourth-order valence-electron chi connectivity index (χ4n) is 4.37. The average molecular weight is 488 g/mol. The summed E-state index contributed by atoms with van der Waals surface area (Å²) < 4.78 is 2.88. The van der Waals surface area contributed by atoms with Gasteiger partial charge >= 0.3 is 0 Å². The number of amides is 2. The number of thiazole rings is 1. The minimum absolute atomic E-state index is 0.134. The molecule has 1 unspecified atom stereocenters. The lowest BCUT2D eigenvalue weighted by molar-refractivity contribution is -0.123. The number of nitrogens with zero attached hydrogens (tertiary/aromatic N) is 3. The van der Waals surface area contributed by atoms with Crippen LogP contribution >= 0.6 is 11.3 Å². The van der Waals surface area contributed by atoms with E-state index in [-0.39, 0.29) is 17.9 Å². The van der Waals surface area contributed by atoms with Crippen molar-refractivity contribution in [2.45, 2.75) is 38.4 Å². The number of fused-ring (bicyclic) bond motifs is 1. The third kappa shape index (κ3) is 5.61. The van der Waals surface area contributed by atoms with E-state index in [1.165, 1.54) is 16.9 Å². The summed E-state index contributed by atoms with van der Waals surface area (Å²) in [6.45, 7) is 4.55. The van der Waals surface area contributed by atoms with Gasteiger partial charge in [0.25, 0.3) is 5.91 Å². The molecule has 2 aromatic carbocycles. The molecule has 0 bridgehead atoms. The van der Waals surface area contributed by atoms with E-state index in [0.717, 1.165) is 47.8 Å². The van der Waals surface area contributed by atoms with Gasteiger partial charge in [0.05, 0.1) is 10.2 Å². The summed E-state index contributed by atoms with van der Waals surface area (Å²) in [5, 5.41) is 6.81. The summed E-state index contributed by atoms with van der Waals surface area (Å²) in [7, 11) is 0. The van der Waals surface area contributed by atoms with Gasteiger partial charge in [0.2, 0.25) is 5.91 Å². The second-order valence-corrected chi connectivity index (χ2v) is 10.0. The molecule has 5 rings (SSSR count). The molecule has 8 heteroatoms. The number of nitrogens with one attached hydrogen (secondary N) is 2. The van der Waals surface area contributed by atoms with Crippen molar-refractivity contribution in [2.75, 3.05) is 13.1 Å². The summed E-state index contributed by atoms with van der Waals surface area (Å²) >= 11 is 1.52. The molecule has 7 nitrogen and oxygen atoms in total. The van der Waals surface area contributed by atoms with Crippen molar-refractivity contribution in [3.8, 4) is 5.13 Å². The zero-order valence-corrected chi connectivity index (χ0v) is 20.5. The van der Waals surface area contributed by atoms with E-state index < -0.39 is 6.04 Å². The third-order valence-electron chi connectivity index (χ3n) is 6.39. The van der Waals surface area contributed by atoms with Gasteiger partial charge in [-0.05, 0) is 55.7 Å². The Labute approximate surface area is 208 Å². The van der Waals surface area contributed by atoms with E-state index in [0.29, 0.717) is 5.56 Å². The monoisotopic (exact) mass is 487 g/mol. The normalized spacial score (nSPS) is 15.7. The van der Waals surface area contributed by atoms with E-state index in [2.05, 4.69) is 44.8 Å². The molecular weight excluding hydrogens is 458 g/mol. The van der Waals surface area contributed by atoms with Crippen molar-refractivity contribution >= 4 is 33.4 Å². The molecule has 3 heterocycles. The van der Waals surface area contributed by atoms with Crippen LogP contribution in [0, 0.1) is 0 Å². The molecule has 35 heavy (non-hydrogen) atoms. The first-order chi connectivity index (χ1) is 17.0. The number of piperidine rings is 1. The van der Waals surface area contributed by atoms with Crippen LogP contribution < -0.4 is 10.6 Å². The van der Waals surface area contributed by atoms with Crippen molar-refractivity contribution < 1.29 is 9.59 Å². The highest BCUT2D eigenvalue weighted by Gasteiger charge is 2.24. The van der Waals surface area contributed by atoms with E-state index in [1.54, 1.807) is 13.0 Å². The lowest BCUT2D eigenvalue weighted by Gasteiger charge is -2.33. The molecule has 4 aromatic rings. The van der Waals surface area contributed by atoms with Gasteiger partial charge in [0, 0.05) is 43.6 Å². The minimum Gasteiger partial charge on any atom is -0.351 e. The van der Waals surface area contributed by atoms with E-state index >= 15 is 0 Å². The van der Waals surface area contributed by atoms with Crippen LogP contribution in [-0.2, 0) is 11.3 Å². The maximum atomic E-state index is 12.8. The molecule has 2 N–H and O–H groups in total. The molecule has 2 aromatic heterocycles. The zero-order valence-electron chi connectivity index (χ0n) is 19.7. The first-order valence-corrected chi connectivity index (χ1v) is 12.8. The second kappa shape index (κ2) is 10.4. The van der Waals surface area contributed by atoms with Gasteiger partial charge in [-0.25, -0.2) is 4.98 Å². The fraction of sp³-hybridized carbons (Fsp3) is 0.296. The Balaban J connectivity index is 1.12. The molecular formula is C27H29N5O2S. The molecule has 1 saturated heterocycles. The van der Waals surface area contributed by atoms with Crippen molar-refractivity contribution in [3.63, 3.8) is 0 Å². The van der Waals surface area contributed by atoms with Crippen LogP contribution in [0.3, 0.4) is 0 Å². The van der Waals surface area contributed by atoms with Gasteiger partial charge in [0.15, 0.2) is 5.13 Å². The second-order valence-electron chi connectivity index (χ2n) is 9.01. The van der Waals surface area contributed by atoms with Crippen molar-refractivity contribution in [3.05, 3.63) is 84.2 Å². The van der Waals surface area contributed by atoms with Gasteiger partial charge in [-0.3, -0.25) is 14.5 Å². The highest BCUT2D eigenvalue weighted by molar-refractivity contribution is 7.20. The van der Waals surface area contributed by atoms with Crippen molar-refractivity contribution in [1.29, 1.82) is 0 Å². The predicted octanol–water partition coefficient (Wildman–Crippen LogP) is 3.99. The first-order valence-electron chi connectivity index (χ1n) is 12.0. The number of carbonyl (C=O) groups is 2. The third-order valence-corrected chi connectivity index (χ3v) is 7.42. The van der Waals surface area contributed by atoms with Gasteiger partial charge < -0.3 is 15.2 Å².